The Hall–Kier alpha value is -3.87. The molecule has 1 saturated heterocycles. The van der Waals surface area contributed by atoms with Crippen LogP contribution >= 0.6 is 0 Å². The molecule has 1 aliphatic rings. The Labute approximate surface area is 180 Å². The Morgan fingerprint density at radius 3 is 2.71 bits per heavy atom. The summed E-state index contributed by atoms with van der Waals surface area (Å²) in [6, 6.07) is 13.7. The quantitative estimate of drug-likeness (QED) is 0.554. The Kier molecular flexibility index (Phi) is 4.78. The number of hydrogen-bond acceptors (Lipinski definition) is 6. The summed E-state index contributed by atoms with van der Waals surface area (Å²) < 4.78 is 0. The van der Waals surface area contributed by atoms with Gasteiger partial charge in [-0.05, 0) is 43.2 Å². The summed E-state index contributed by atoms with van der Waals surface area (Å²) in [6.45, 7) is 3.31. The van der Waals surface area contributed by atoms with Gasteiger partial charge < -0.3 is 10.6 Å². The smallest absolute Gasteiger partial charge is 0.256 e. The molecule has 3 aromatic heterocycles. The normalized spacial score (nSPS) is 16.0. The van der Waals surface area contributed by atoms with E-state index in [9.17, 15) is 4.79 Å². The lowest BCUT2D eigenvalue weighted by molar-refractivity contribution is 0.0792. The van der Waals surface area contributed by atoms with Crippen molar-refractivity contribution in [3.63, 3.8) is 0 Å². The van der Waals surface area contributed by atoms with Gasteiger partial charge in [0.25, 0.3) is 5.91 Å². The number of nitrogens with zero attached hydrogens (tertiary/aromatic N) is 5. The predicted octanol–water partition coefficient (Wildman–Crippen LogP) is 3.61. The van der Waals surface area contributed by atoms with Crippen LogP contribution in [-0.2, 0) is 0 Å². The highest BCUT2D eigenvalue weighted by molar-refractivity contribution is 6.05. The number of nitrogens with two attached hydrogens (primary N) is 1. The first kappa shape index (κ1) is 19.1. The molecule has 4 aromatic rings. The van der Waals surface area contributed by atoms with Crippen LogP contribution < -0.4 is 5.73 Å². The molecule has 1 fully saturated rings. The summed E-state index contributed by atoms with van der Waals surface area (Å²) in [7, 11) is 0. The van der Waals surface area contributed by atoms with Gasteiger partial charge in [-0.15, -0.1) is 0 Å². The topological polar surface area (TPSA) is 97.9 Å². The SMILES string of the molecule is Cc1cc(-c2cnc(N)nc2)cc([C@H]2CCN(C(=O)c3cccc4cccnc34)C2)n1. The lowest BCUT2D eigenvalue weighted by atomic mass is 10.00. The molecule has 0 saturated carbocycles. The second-order valence-electron chi connectivity index (χ2n) is 7.87. The molecule has 1 aromatic carbocycles. The number of benzene rings is 1. The molecule has 0 bridgehead atoms. The summed E-state index contributed by atoms with van der Waals surface area (Å²) in [6.07, 6.45) is 6.04. The lowest BCUT2D eigenvalue weighted by Gasteiger charge is -2.18. The molecule has 2 N–H and O–H groups in total. The number of carbonyl (C=O) groups excluding carboxylic acids is 1. The third kappa shape index (κ3) is 3.70. The zero-order valence-corrected chi connectivity index (χ0v) is 17.2. The average Bonchev–Trinajstić information content (AvgIpc) is 3.29. The molecule has 7 nitrogen and oxygen atoms in total. The van der Waals surface area contributed by atoms with Gasteiger partial charge in [-0.2, -0.15) is 0 Å². The lowest BCUT2D eigenvalue weighted by Crippen LogP contribution is -2.28. The molecular formula is C24H22N6O. The highest BCUT2D eigenvalue weighted by Crippen LogP contribution is 2.31. The number of amides is 1. The minimum Gasteiger partial charge on any atom is -0.368 e. The van der Waals surface area contributed by atoms with Crippen LogP contribution in [0.1, 0.15) is 34.1 Å². The van der Waals surface area contributed by atoms with Crippen molar-refractivity contribution in [2.75, 3.05) is 18.8 Å². The number of anilines is 1. The first-order valence-electron chi connectivity index (χ1n) is 10.3. The maximum absolute atomic E-state index is 13.3. The minimum atomic E-state index is 0.0200. The third-order valence-corrected chi connectivity index (χ3v) is 5.74. The standard InChI is InChI=1S/C24H22N6O/c1-15-10-18(19-12-27-24(25)28-13-19)11-21(29-15)17-7-9-30(14-17)23(31)20-6-2-4-16-5-3-8-26-22(16)20/h2-6,8,10-13,17H,7,9,14H2,1H3,(H2,25,27,28)/t17-/m0/s1. The van der Waals surface area contributed by atoms with Crippen molar-refractivity contribution in [2.24, 2.45) is 0 Å². The highest BCUT2D eigenvalue weighted by Gasteiger charge is 2.30. The molecule has 5 rings (SSSR count). The number of fused-ring (bicyclic) bond motifs is 1. The van der Waals surface area contributed by atoms with Gasteiger partial charge in [0.1, 0.15) is 0 Å². The third-order valence-electron chi connectivity index (χ3n) is 5.74. The van der Waals surface area contributed by atoms with E-state index in [0.717, 1.165) is 39.8 Å². The number of para-hydroxylation sites is 1. The molecule has 31 heavy (non-hydrogen) atoms. The molecule has 1 atom stereocenters. The number of pyridine rings is 2. The van der Waals surface area contributed by atoms with Crippen molar-refractivity contribution in [1.82, 2.24) is 24.8 Å². The van der Waals surface area contributed by atoms with Crippen LogP contribution in [0.15, 0.2) is 61.1 Å². The van der Waals surface area contributed by atoms with Crippen LogP contribution in [0.25, 0.3) is 22.0 Å². The van der Waals surface area contributed by atoms with Gasteiger partial charge in [-0.3, -0.25) is 14.8 Å². The molecule has 7 heteroatoms. The Morgan fingerprint density at radius 1 is 1.06 bits per heavy atom. The van der Waals surface area contributed by atoms with Gasteiger partial charge in [0.15, 0.2) is 0 Å². The van der Waals surface area contributed by atoms with Gasteiger partial charge in [0.2, 0.25) is 5.95 Å². The van der Waals surface area contributed by atoms with Crippen molar-refractivity contribution >= 4 is 22.8 Å². The van der Waals surface area contributed by atoms with E-state index < -0.39 is 0 Å². The zero-order valence-electron chi connectivity index (χ0n) is 17.2. The number of hydrogen-bond donors (Lipinski definition) is 1. The molecule has 4 heterocycles. The van der Waals surface area contributed by atoms with Crippen LogP contribution in [0.5, 0.6) is 0 Å². The van der Waals surface area contributed by atoms with Crippen LogP contribution in [0.2, 0.25) is 0 Å². The summed E-state index contributed by atoms with van der Waals surface area (Å²) in [4.78, 5) is 32.5. The van der Waals surface area contributed by atoms with E-state index in [4.69, 9.17) is 10.7 Å². The zero-order chi connectivity index (χ0) is 21.4. The fourth-order valence-electron chi connectivity index (χ4n) is 4.19. The second kappa shape index (κ2) is 7.75. The van der Waals surface area contributed by atoms with Crippen molar-refractivity contribution in [3.05, 3.63) is 78.0 Å². The van der Waals surface area contributed by atoms with E-state index in [-0.39, 0.29) is 17.8 Å². The number of likely N-dealkylation sites (tertiary alicyclic amines) is 1. The number of aryl methyl sites for hydroxylation is 1. The summed E-state index contributed by atoms with van der Waals surface area (Å²) >= 11 is 0. The molecule has 0 spiro atoms. The van der Waals surface area contributed by atoms with Gasteiger partial charge in [-0.1, -0.05) is 18.2 Å². The first-order valence-corrected chi connectivity index (χ1v) is 10.3. The van der Waals surface area contributed by atoms with E-state index in [1.54, 1.807) is 18.6 Å². The Morgan fingerprint density at radius 2 is 1.87 bits per heavy atom. The maximum atomic E-state index is 13.3. The summed E-state index contributed by atoms with van der Waals surface area (Å²) in [5.74, 6) is 0.453. The van der Waals surface area contributed by atoms with Crippen molar-refractivity contribution in [3.8, 4) is 11.1 Å². The molecule has 1 aliphatic heterocycles. The van der Waals surface area contributed by atoms with E-state index >= 15 is 0 Å². The molecular weight excluding hydrogens is 388 g/mol. The number of rotatable bonds is 3. The summed E-state index contributed by atoms with van der Waals surface area (Å²) in [5, 5.41) is 0.972. The highest BCUT2D eigenvalue weighted by atomic mass is 16.2. The van der Waals surface area contributed by atoms with Crippen molar-refractivity contribution in [1.29, 1.82) is 0 Å². The van der Waals surface area contributed by atoms with E-state index in [1.807, 2.05) is 48.2 Å². The minimum absolute atomic E-state index is 0.0200. The van der Waals surface area contributed by atoms with Crippen LogP contribution in [0.4, 0.5) is 5.95 Å². The Balaban J connectivity index is 1.40. The maximum Gasteiger partial charge on any atom is 0.256 e. The molecule has 0 unspecified atom stereocenters. The van der Waals surface area contributed by atoms with E-state index in [0.29, 0.717) is 18.7 Å². The van der Waals surface area contributed by atoms with Gasteiger partial charge in [0, 0.05) is 59.9 Å². The number of nitrogen functional groups attached to an aromatic ring is 1. The van der Waals surface area contributed by atoms with Crippen molar-refractivity contribution in [2.45, 2.75) is 19.3 Å². The van der Waals surface area contributed by atoms with Crippen molar-refractivity contribution < 1.29 is 4.79 Å². The fraction of sp³-hybridized carbons (Fsp3) is 0.208. The molecule has 0 aliphatic carbocycles. The number of aromatic nitrogens is 4. The van der Waals surface area contributed by atoms with Gasteiger partial charge in [0.05, 0.1) is 11.1 Å². The van der Waals surface area contributed by atoms with Crippen LogP contribution in [0.3, 0.4) is 0 Å². The molecule has 1 amide bonds. The van der Waals surface area contributed by atoms with Crippen LogP contribution in [0, 0.1) is 6.92 Å². The second-order valence-corrected chi connectivity index (χ2v) is 7.87. The van der Waals surface area contributed by atoms with E-state index in [2.05, 4.69) is 21.0 Å². The number of carbonyl (C=O) groups is 1. The average molecular weight is 410 g/mol. The molecule has 0 radical (unpaired) electrons. The summed E-state index contributed by atoms with van der Waals surface area (Å²) in [5.41, 5.74) is 10.8. The Bertz CT molecular complexity index is 1270. The van der Waals surface area contributed by atoms with Gasteiger partial charge in [-0.25, -0.2) is 9.97 Å². The monoisotopic (exact) mass is 410 g/mol. The van der Waals surface area contributed by atoms with E-state index in [1.165, 1.54) is 0 Å². The predicted molar refractivity (Wildman–Crippen MR) is 119 cm³/mol. The molecule has 154 valence electrons. The largest absolute Gasteiger partial charge is 0.368 e. The fourth-order valence-corrected chi connectivity index (χ4v) is 4.19. The van der Waals surface area contributed by atoms with Crippen LogP contribution in [-0.4, -0.2) is 43.8 Å². The first-order chi connectivity index (χ1) is 15.1. The van der Waals surface area contributed by atoms with Gasteiger partial charge >= 0.3 is 0 Å².